The van der Waals surface area contributed by atoms with E-state index in [0.29, 0.717) is 39.6 Å². The van der Waals surface area contributed by atoms with Gasteiger partial charge in [0.2, 0.25) is 11.6 Å². The number of aromatic nitrogens is 2. The lowest BCUT2D eigenvalue weighted by Gasteiger charge is -2.14. The van der Waals surface area contributed by atoms with E-state index in [0.717, 1.165) is 11.1 Å². The number of methoxy groups -OCH3 is 3. The fraction of sp³-hybridized carbons (Fsp3) is 0.200. The van der Waals surface area contributed by atoms with Crippen LogP contribution in [0.2, 0.25) is 0 Å². The summed E-state index contributed by atoms with van der Waals surface area (Å²) in [6.45, 7) is 1.72. The number of carbonyl (C=O) groups is 1. The van der Waals surface area contributed by atoms with E-state index in [2.05, 4.69) is 15.2 Å². The maximum Gasteiger partial charge on any atom is 0.297 e. The van der Waals surface area contributed by atoms with Gasteiger partial charge in [-0.2, -0.15) is 0 Å². The molecule has 4 aromatic rings. The van der Waals surface area contributed by atoms with Crippen LogP contribution in [-0.2, 0) is 7.05 Å². The van der Waals surface area contributed by atoms with Crippen molar-refractivity contribution < 1.29 is 24.1 Å². The fourth-order valence-electron chi connectivity index (χ4n) is 3.78. The van der Waals surface area contributed by atoms with Gasteiger partial charge in [0, 0.05) is 18.0 Å². The number of carbonyl (C=O) groups excluding carboxylic acids is 1. The van der Waals surface area contributed by atoms with Crippen molar-refractivity contribution in [2.45, 2.75) is 6.92 Å². The molecule has 0 aliphatic heterocycles. The molecular formula is C25H24N4O5. The number of hydrogen-bond acceptors (Lipinski definition) is 7. The first-order valence-electron chi connectivity index (χ1n) is 10.4. The zero-order valence-electron chi connectivity index (χ0n) is 19.5. The lowest BCUT2D eigenvalue weighted by atomic mass is 10.1. The molecule has 1 amide bonds. The normalized spacial score (nSPS) is 11.2. The number of aromatic hydroxyl groups is 1. The van der Waals surface area contributed by atoms with Crippen LogP contribution >= 0.6 is 0 Å². The summed E-state index contributed by atoms with van der Waals surface area (Å²) in [4.78, 5) is 17.3. The highest BCUT2D eigenvalue weighted by Gasteiger charge is 2.18. The van der Waals surface area contributed by atoms with Gasteiger partial charge in [0.15, 0.2) is 17.2 Å². The van der Waals surface area contributed by atoms with Gasteiger partial charge in [-0.15, -0.1) is 10.2 Å². The molecule has 34 heavy (non-hydrogen) atoms. The molecule has 2 heterocycles. The summed E-state index contributed by atoms with van der Waals surface area (Å²) in [5, 5.41) is 19.0. The van der Waals surface area contributed by atoms with E-state index in [1.54, 1.807) is 57.0 Å². The van der Waals surface area contributed by atoms with Crippen molar-refractivity contribution in [3.63, 3.8) is 0 Å². The molecule has 0 spiro atoms. The Morgan fingerprint density at radius 3 is 2.29 bits per heavy atom. The number of fused-ring (bicyclic) bond motifs is 1. The molecule has 0 fully saturated rings. The summed E-state index contributed by atoms with van der Waals surface area (Å²) in [5.41, 5.74) is 3.17. The van der Waals surface area contributed by atoms with Crippen molar-refractivity contribution in [1.29, 1.82) is 0 Å². The number of pyridine rings is 1. The van der Waals surface area contributed by atoms with Gasteiger partial charge in [0.05, 0.1) is 43.8 Å². The fourth-order valence-corrected chi connectivity index (χ4v) is 3.78. The number of aryl methyl sites for hydroxylation is 2. The van der Waals surface area contributed by atoms with E-state index in [4.69, 9.17) is 14.2 Å². The predicted octanol–water partition coefficient (Wildman–Crippen LogP) is 5.20. The van der Waals surface area contributed by atoms with Crippen LogP contribution in [0.4, 0.5) is 5.69 Å². The third kappa shape index (κ3) is 3.92. The number of rotatable bonds is 6. The highest BCUT2D eigenvalue weighted by molar-refractivity contribution is 5.98. The number of amides is 1. The molecule has 2 aromatic heterocycles. The Bertz CT molecular complexity index is 1400. The van der Waals surface area contributed by atoms with Crippen molar-refractivity contribution >= 4 is 22.5 Å². The number of nitrogens with zero attached hydrogens (tertiary/aromatic N) is 4. The number of ether oxygens (including phenoxy) is 3. The van der Waals surface area contributed by atoms with Crippen LogP contribution in [0.15, 0.2) is 58.8 Å². The minimum Gasteiger partial charge on any atom is -0.493 e. The minimum atomic E-state index is -0.561. The number of azo groups is 1. The van der Waals surface area contributed by atoms with Crippen LogP contribution in [0.1, 0.15) is 16.1 Å². The average Bonchev–Trinajstić information content (AvgIpc) is 3.10. The van der Waals surface area contributed by atoms with Crippen LogP contribution in [-0.4, -0.2) is 41.9 Å². The SMILES string of the molecule is COc1cc(-c2ccc(C(=O)N=Nc3c(O)n(C)c4ccccc34)c(C)n2)cc(OC)c1OC. The summed E-state index contributed by atoms with van der Waals surface area (Å²) < 4.78 is 17.8. The number of benzene rings is 2. The van der Waals surface area contributed by atoms with Crippen LogP contribution < -0.4 is 14.2 Å². The smallest absolute Gasteiger partial charge is 0.297 e. The molecule has 0 aliphatic rings. The third-order valence-electron chi connectivity index (χ3n) is 5.57. The van der Waals surface area contributed by atoms with E-state index in [1.165, 1.54) is 7.11 Å². The summed E-state index contributed by atoms with van der Waals surface area (Å²) >= 11 is 0. The Hall–Kier alpha value is -4.40. The Kier molecular flexibility index (Phi) is 6.18. The van der Waals surface area contributed by atoms with Gasteiger partial charge in [0.1, 0.15) is 0 Å². The van der Waals surface area contributed by atoms with Gasteiger partial charge < -0.3 is 23.9 Å². The number of hydrogen-bond donors (Lipinski definition) is 1. The van der Waals surface area contributed by atoms with E-state index >= 15 is 0 Å². The lowest BCUT2D eigenvalue weighted by molar-refractivity contribution is 0.0994. The van der Waals surface area contributed by atoms with Gasteiger partial charge in [0.25, 0.3) is 5.91 Å². The zero-order valence-corrected chi connectivity index (χ0v) is 19.5. The quantitative estimate of drug-likeness (QED) is 0.396. The van der Waals surface area contributed by atoms with Crippen molar-refractivity contribution in [3.05, 3.63) is 59.8 Å². The lowest BCUT2D eigenvalue weighted by Crippen LogP contribution is -2.01. The van der Waals surface area contributed by atoms with Crippen LogP contribution in [0.5, 0.6) is 23.1 Å². The summed E-state index contributed by atoms with van der Waals surface area (Å²) in [6, 6.07) is 14.3. The topological polar surface area (TPSA) is 108 Å². The molecule has 0 radical (unpaired) electrons. The van der Waals surface area contributed by atoms with Crippen LogP contribution in [0.3, 0.4) is 0 Å². The third-order valence-corrected chi connectivity index (χ3v) is 5.57. The molecule has 1 N–H and O–H groups in total. The average molecular weight is 460 g/mol. The van der Waals surface area contributed by atoms with E-state index in [-0.39, 0.29) is 11.6 Å². The predicted molar refractivity (Wildman–Crippen MR) is 127 cm³/mol. The second kappa shape index (κ2) is 9.22. The van der Waals surface area contributed by atoms with E-state index < -0.39 is 5.91 Å². The molecule has 0 unspecified atom stereocenters. The van der Waals surface area contributed by atoms with Gasteiger partial charge in [-0.25, -0.2) is 0 Å². The first-order chi connectivity index (χ1) is 16.4. The minimum absolute atomic E-state index is 0.0645. The molecule has 9 nitrogen and oxygen atoms in total. The van der Waals surface area contributed by atoms with E-state index in [1.807, 2.05) is 24.3 Å². The van der Waals surface area contributed by atoms with Gasteiger partial charge >= 0.3 is 0 Å². The molecule has 174 valence electrons. The van der Waals surface area contributed by atoms with Gasteiger partial charge in [-0.05, 0) is 37.3 Å². The maximum absolute atomic E-state index is 12.8. The van der Waals surface area contributed by atoms with Gasteiger partial charge in [-0.1, -0.05) is 18.2 Å². The summed E-state index contributed by atoms with van der Waals surface area (Å²) in [6.07, 6.45) is 0. The second-order valence-electron chi connectivity index (χ2n) is 7.50. The van der Waals surface area contributed by atoms with Crippen molar-refractivity contribution in [2.24, 2.45) is 17.3 Å². The highest BCUT2D eigenvalue weighted by atomic mass is 16.5. The number of para-hydroxylation sites is 1. The molecule has 0 saturated heterocycles. The van der Waals surface area contributed by atoms with Crippen molar-refractivity contribution in [1.82, 2.24) is 9.55 Å². The largest absolute Gasteiger partial charge is 0.493 e. The zero-order chi connectivity index (χ0) is 24.4. The molecule has 0 saturated carbocycles. The Morgan fingerprint density at radius 1 is 1.00 bits per heavy atom. The standard InChI is InChI=1S/C25H24N4O5/c1-14-16(24(30)28-27-22-17-8-6-7-9-19(17)29(2)25(22)31)10-11-18(26-14)15-12-20(32-3)23(34-5)21(13-15)33-4/h6-13,31H,1-5H3. The van der Waals surface area contributed by atoms with Crippen LogP contribution in [0.25, 0.3) is 22.2 Å². The van der Waals surface area contributed by atoms with Gasteiger partial charge in [-0.3, -0.25) is 9.78 Å². The molecule has 9 heteroatoms. The molecular weight excluding hydrogens is 436 g/mol. The second-order valence-corrected chi connectivity index (χ2v) is 7.50. The molecule has 4 rings (SSSR count). The highest BCUT2D eigenvalue weighted by Crippen LogP contribution is 2.41. The Morgan fingerprint density at radius 2 is 1.68 bits per heavy atom. The van der Waals surface area contributed by atoms with E-state index in [9.17, 15) is 9.90 Å². The maximum atomic E-state index is 12.8. The van der Waals surface area contributed by atoms with Crippen molar-refractivity contribution in [2.75, 3.05) is 21.3 Å². The van der Waals surface area contributed by atoms with Crippen molar-refractivity contribution in [3.8, 4) is 34.4 Å². The molecule has 0 aliphatic carbocycles. The molecule has 2 aromatic carbocycles. The molecule has 0 atom stereocenters. The Balaban J connectivity index is 1.66. The summed E-state index contributed by atoms with van der Waals surface area (Å²) in [7, 11) is 6.34. The van der Waals surface area contributed by atoms with Crippen LogP contribution in [0, 0.1) is 6.92 Å². The first-order valence-corrected chi connectivity index (χ1v) is 10.4. The molecule has 0 bridgehead atoms. The first kappa shape index (κ1) is 22.8. The Labute approximate surface area is 196 Å². The monoisotopic (exact) mass is 460 g/mol. The summed E-state index contributed by atoms with van der Waals surface area (Å²) in [5.74, 6) is 0.855.